The number of carbonyl (C=O) groups is 1. The van der Waals surface area contributed by atoms with Gasteiger partial charge in [-0.25, -0.2) is 0 Å². The number of nitrogens with two attached hydrogens (primary N) is 1. The molecule has 0 aromatic rings. The van der Waals surface area contributed by atoms with Crippen molar-refractivity contribution in [3.63, 3.8) is 0 Å². The summed E-state index contributed by atoms with van der Waals surface area (Å²) < 4.78 is 0. The first-order valence-electron chi connectivity index (χ1n) is 5.56. The molecular formula is C11H24N2O. The summed E-state index contributed by atoms with van der Waals surface area (Å²) in [6.45, 7) is 1.18. The van der Waals surface area contributed by atoms with Gasteiger partial charge in [0, 0.05) is 6.42 Å². The summed E-state index contributed by atoms with van der Waals surface area (Å²) in [4.78, 5) is 12.6. The number of unbranched alkanes of at least 4 members (excludes halogenated alkanes) is 5. The minimum absolute atomic E-state index is 0.169. The molecule has 0 atom stereocenters. The quantitative estimate of drug-likeness (QED) is 0.576. The first-order chi connectivity index (χ1) is 6.63. The second-order valence-electron chi connectivity index (χ2n) is 4.14. The number of hydrogen-bond donors (Lipinski definition) is 1. The van der Waals surface area contributed by atoms with E-state index in [0.29, 0.717) is 6.42 Å². The highest BCUT2D eigenvalue weighted by Gasteiger charge is 1.95. The minimum Gasteiger partial charge on any atom is -0.370 e. The summed E-state index contributed by atoms with van der Waals surface area (Å²) in [5, 5.41) is 0. The molecule has 84 valence electrons. The highest BCUT2D eigenvalue weighted by atomic mass is 16.1. The Bertz CT molecular complexity index is 146. The number of nitrogens with zero attached hydrogens (tertiary/aromatic N) is 1. The van der Waals surface area contributed by atoms with Crippen molar-refractivity contribution < 1.29 is 4.79 Å². The van der Waals surface area contributed by atoms with Crippen molar-refractivity contribution in [2.24, 2.45) is 5.73 Å². The van der Waals surface area contributed by atoms with E-state index in [0.717, 1.165) is 12.8 Å². The van der Waals surface area contributed by atoms with Crippen LogP contribution >= 0.6 is 0 Å². The highest BCUT2D eigenvalue weighted by Crippen LogP contribution is 2.06. The molecule has 14 heavy (non-hydrogen) atoms. The maximum Gasteiger partial charge on any atom is 0.217 e. The fraction of sp³-hybridized carbons (Fsp3) is 0.909. The second-order valence-corrected chi connectivity index (χ2v) is 4.14. The Hall–Kier alpha value is -0.570. The summed E-state index contributed by atoms with van der Waals surface area (Å²) in [6, 6.07) is 0. The first-order valence-corrected chi connectivity index (χ1v) is 5.56. The predicted octanol–water partition coefficient (Wildman–Crippen LogP) is 1.76. The molecule has 0 fully saturated rings. The predicted molar refractivity (Wildman–Crippen MR) is 60.1 cm³/mol. The SMILES string of the molecule is CN(C)CCCCCCCCC(N)=O. The van der Waals surface area contributed by atoms with E-state index in [1.165, 1.54) is 32.2 Å². The lowest BCUT2D eigenvalue weighted by atomic mass is 10.1. The van der Waals surface area contributed by atoms with Gasteiger partial charge in [-0.1, -0.05) is 25.7 Å². The molecule has 0 aromatic heterocycles. The van der Waals surface area contributed by atoms with Crippen LogP contribution in [-0.2, 0) is 4.79 Å². The fourth-order valence-electron chi connectivity index (χ4n) is 1.43. The molecule has 0 unspecified atom stereocenters. The molecule has 3 nitrogen and oxygen atoms in total. The normalized spacial score (nSPS) is 10.8. The second kappa shape index (κ2) is 9.00. The fourth-order valence-corrected chi connectivity index (χ4v) is 1.43. The first kappa shape index (κ1) is 13.4. The molecular weight excluding hydrogens is 176 g/mol. The molecule has 1 amide bonds. The van der Waals surface area contributed by atoms with Gasteiger partial charge in [-0.15, -0.1) is 0 Å². The molecule has 0 saturated carbocycles. The summed E-state index contributed by atoms with van der Waals surface area (Å²) >= 11 is 0. The average Bonchev–Trinajstić information content (AvgIpc) is 2.08. The summed E-state index contributed by atoms with van der Waals surface area (Å²) in [7, 11) is 4.21. The lowest BCUT2D eigenvalue weighted by molar-refractivity contribution is -0.118. The molecule has 2 N–H and O–H groups in total. The third-order valence-electron chi connectivity index (χ3n) is 2.28. The Labute approximate surface area is 87.6 Å². The van der Waals surface area contributed by atoms with E-state index in [1.54, 1.807) is 0 Å². The van der Waals surface area contributed by atoms with Gasteiger partial charge in [0.05, 0.1) is 0 Å². The standard InChI is InChI=1S/C11H24N2O/c1-13(2)10-8-6-4-3-5-7-9-11(12)14/h3-10H2,1-2H3,(H2,12,14). The van der Waals surface area contributed by atoms with Crippen LogP contribution in [0.2, 0.25) is 0 Å². The van der Waals surface area contributed by atoms with Crippen molar-refractivity contribution in [3.05, 3.63) is 0 Å². The lowest BCUT2D eigenvalue weighted by Gasteiger charge is -2.08. The van der Waals surface area contributed by atoms with Gasteiger partial charge in [-0.2, -0.15) is 0 Å². The number of carbonyl (C=O) groups excluding carboxylic acids is 1. The third kappa shape index (κ3) is 11.4. The zero-order valence-electron chi connectivity index (χ0n) is 9.59. The Morgan fingerprint density at radius 2 is 1.50 bits per heavy atom. The summed E-state index contributed by atoms with van der Waals surface area (Å²) in [6.07, 6.45) is 7.76. The van der Waals surface area contributed by atoms with Crippen LogP contribution in [0, 0.1) is 0 Å². The van der Waals surface area contributed by atoms with Crippen LogP contribution in [0.3, 0.4) is 0 Å². The van der Waals surface area contributed by atoms with Crippen LogP contribution in [-0.4, -0.2) is 31.4 Å². The monoisotopic (exact) mass is 200 g/mol. The van der Waals surface area contributed by atoms with Crippen molar-refractivity contribution in [2.45, 2.75) is 44.9 Å². The van der Waals surface area contributed by atoms with Crippen molar-refractivity contribution in [1.29, 1.82) is 0 Å². The van der Waals surface area contributed by atoms with E-state index in [9.17, 15) is 4.79 Å². The molecule has 0 aliphatic heterocycles. The number of amides is 1. The molecule has 0 aliphatic rings. The molecule has 0 bridgehead atoms. The van der Waals surface area contributed by atoms with Crippen LogP contribution in [0.4, 0.5) is 0 Å². The maximum absolute atomic E-state index is 10.4. The number of primary amides is 1. The summed E-state index contributed by atoms with van der Waals surface area (Å²) in [5.41, 5.74) is 5.04. The average molecular weight is 200 g/mol. The van der Waals surface area contributed by atoms with Crippen LogP contribution in [0.15, 0.2) is 0 Å². The van der Waals surface area contributed by atoms with Gasteiger partial charge in [0.25, 0.3) is 0 Å². The molecule has 0 saturated heterocycles. The number of hydrogen-bond acceptors (Lipinski definition) is 2. The number of rotatable bonds is 9. The van der Waals surface area contributed by atoms with Gasteiger partial charge >= 0.3 is 0 Å². The molecule has 0 rings (SSSR count). The van der Waals surface area contributed by atoms with E-state index < -0.39 is 0 Å². The Kier molecular flexibility index (Phi) is 8.64. The smallest absolute Gasteiger partial charge is 0.217 e. The highest BCUT2D eigenvalue weighted by molar-refractivity contribution is 5.73. The zero-order chi connectivity index (χ0) is 10.8. The Morgan fingerprint density at radius 1 is 1.00 bits per heavy atom. The Morgan fingerprint density at radius 3 is 2.00 bits per heavy atom. The van der Waals surface area contributed by atoms with Gasteiger partial charge in [0.1, 0.15) is 0 Å². The van der Waals surface area contributed by atoms with Crippen molar-refractivity contribution >= 4 is 5.91 Å². The maximum atomic E-state index is 10.4. The largest absolute Gasteiger partial charge is 0.370 e. The van der Waals surface area contributed by atoms with Gasteiger partial charge < -0.3 is 10.6 Å². The molecule has 0 aliphatic carbocycles. The van der Waals surface area contributed by atoms with E-state index in [-0.39, 0.29) is 5.91 Å². The van der Waals surface area contributed by atoms with Gasteiger partial charge in [0.15, 0.2) is 0 Å². The van der Waals surface area contributed by atoms with Crippen LogP contribution in [0.25, 0.3) is 0 Å². The van der Waals surface area contributed by atoms with E-state index in [4.69, 9.17) is 5.73 Å². The van der Waals surface area contributed by atoms with Crippen LogP contribution in [0.5, 0.6) is 0 Å². The van der Waals surface area contributed by atoms with Gasteiger partial charge in [-0.3, -0.25) is 4.79 Å². The lowest BCUT2D eigenvalue weighted by Crippen LogP contribution is -2.12. The molecule has 3 heteroatoms. The summed E-state index contributed by atoms with van der Waals surface area (Å²) in [5.74, 6) is -0.169. The van der Waals surface area contributed by atoms with Gasteiger partial charge in [0.2, 0.25) is 5.91 Å². The van der Waals surface area contributed by atoms with Crippen molar-refractivity contribution in [3.8, 4) is 0 Å². The van der Waals surface area contributed by atoms with E-state index in [1.807, 2.05) is 0 Å². The third-order valence-corrected chi connectivity index (χ3v) is 2.28. The van der Waals surface area contributed by atoms with Crippen molar-refractivity contribution in [1.82, 2.24) is 4.90 Å². The Balaban J connectivity index is 2.96. The van der Waals surface area contributed by atoms with Crippen LogP contribution in [0.1, 0.15) is 44.9 Å². The molecule has 0 spiro atoms. The van der Waals surface area contributed by atoms with Crippen LogP contribution < -0.4 is 5.73 Å². The van der Waals surface area contributed by atoms with E-state index in [2.05, 4.69) is 19.0 Å². The topological polar surface area (TPSA) is 46.3 Å². The molecule has 0 heterocycles. The van der Waals surface area contributed by atoms with Crippen molar-refractivity contribution in [2.75, 3.05) is 20.6 Å². The zero-order valence-corrected chi connectivity index (χ0v) is 9.59. The van der Waals surface area contributed by atoms with Gasteiger partial charge in [-0.05, 0) is 33.5 Å². The molecule has 0 radical (unpaired) electrons. The minimum atomic E-state index is -0.169. The molecule has 0 aromatic carbocycles. The van der Waals surface area contributed by atoms with E-state index >= 15 is 0 Å².